The third-order valence-corrected chi connectivity index (χ3v) is 6.68. The average molecular weight is 455 g/mol. The lowest BCUT2D eigenvalue weighted by Gasteiger charge is -2.44. The molecule has 8 nitrogen and oxygen atoms in total. The molecule has 1 aromatic carbocycles. The maximum Gasteiger partial charge on any atom is 0.270 e. The Morgan fingerprint density at radius 2 is 1.82 bits per heavy atom. The predicted molar refractivity (Wildman–Crippen MR) is 128 cm³/mol. The van der Waals surface area contributed by atoms with Crippen molar-refractivity contribution in [2.24, 2.45) is 5.92 Å². The molecule has 2 N–H and O–H groups in total. The lowest BCUT2D eigenvalue weighted by molar-refractivity contribution is -0.129. The Morgan fingerprint density at radius 3 is 2.45 bits per heavy atom. The van der Waals surface area contributed by atoms with Gasteiger partial charge < -0.3 is 19.9 Å². The van der Waals surface area contributed by atoms with E-state index in [9.17, 15) is 9.59 Å². The second-order valence-corrected chi connectivity index (χ2v) is 9.07. The Kier molecular flexibility index (Phi) is 7.05. The van der Waals surface area contributed by atoms with Crippen LogP contribution >= 0.6 is 0 Å². The highest BCUT2D eigenvalue weighted by Gasteiger charge is 2.39. The number of morpholine rings is 1. The smallest absolute Gasteiger partial charge is 0.270 e. The van der Waals surface area contributed by atoms with Gasteiger partial charge in [-0.2, -0.15) is 0 Å². The van der Waals surface area contributed by atoms with E-state index < -0.39 is 0 Å². The number of hydroxylamine groups is 1. The van der Waals surface area contributed by atoms with E-state index >= 15 is 0 Å². The normalized spacial score (nSPS) is 25.3. The zero-order chi connectivity index (χ0) is 23.5. The van der Waals surface area contributed by atoms with E-state index in [0.29, 0.717) is 12.0 Å². The molecule has 0 spiro atoms. The number of ether oxygens (including phenoxy) is 1. The third-order valence-electron chi connectivity index (χ3n) is 6.68. The first kappa shape index (κ1) is 23.3. The van der Waals surface area contributed by atoms with Gasteiger partial charge in [-0.3, -0.25) is 14.4 Å². The predicted octanol–water partition coefficient (Wildman–Crippen LogP) is 2.84. The number of allylic oxidation sites excluding steroid dienone is 1. The summed E-state index contributed by atoms with van der Waals surface area (Å²) in [4.78, 5) is 34.1. The number of rotatable bonds is 5. The summed E-state index contributed by atoms with van der Waals surface area (Å²) in [6, 6.07) is 8.52. The number of carbonyl (C=O) groups is 2. The van der Waals surface area contributed by atoms with Crippen LogP contribution in [-0.2, 0) is 19.2 Å². The molecule has 33 heavy (non-hydrogen) atoms. The largest absolute Gasteiger partial charge is 0.378 e. The number of benzene rings is 1. The van der Waals surface area contributed by atoms with Crippen molar-refractivity contribution in [3.8, 4) is 0 Å². The van der Waals surface area contributed by atoms with Crippen molar-refractivity contribution in [2.45, 2.75) is 45.7 Å². The highest BCUT2D eigenvalue weighted by molar-refractivity contribution is 5.94. The number of anilines is 2. The Morgan fingerprint density at radius 1 is 1.12 bits per heavy atom. The van der Waals surface area contributed by atoms with Crippen LogP contribution in [0.4, 0.5) is 11.4 Å². The topological polar surface area (TPSA) is 83.1 Å². The van der Waals surface area contributed by atoms with E-state index in [1.54, 1.807) is 6.92 Å². The summed E-state index contributed by atoms with van der Waals surface area (Å²) < 4.78 is 5.45. The zero-order valence-electron chi connectivity index (χ0n) is 19.9. The molecular formula is C25H34N4O4. The molecule has 8 heteroatoms. The molecule has 3 aliphatic rings. The molecule has 1 saturated heterocycles. The SMILES string of the molecule is CONC(=O)C1=CC2=C([C@@H](C)C1)N(C(C)=O)C(C)CC2Nc1ccc(N2CCOCC2)cc1. The summed E-state index contributed by atoms with van der Waals surface area (Å²) >= 11 is 0. The standard InChI is InChI=1S/C25H34N4O4/c1-16-13-19(25(31)27-32-4)15-22-23(14-17(2)29(18(3)30)24(16)22)26-20-5-7-21(8-6-20)28-9-11-33-12-10-28/h5-8,15-17,23,26H,9-14H2,1-4H3,(H,27,31)/t16-,17?,23?/m0/s1. The zero-order valence-corrected chi connectivity index (χ0v) is 19.9. The minimum atomic E-state index is -0.238. The summed E-state index contributed by atoms with van der Waals surface area (Å²) in [5.41, 5.74) is 7.31. The van der Waals surface area contributed by atoms with Gasteiger partial charge in [0, 0.05) is 54.6 Å². The molecule has 2 unspecified atom stereocenters. The van der Waals surface area contributed by atoms with Crippen LogP contribution in [0.25, 0.3) is 0 Å². The summed E-state index contributed by atoms with van der Waals surface area (Å²) in [5.74, 6) is -0.159. The van der Waals surface area contributed by atoms with Gasteiger partial charge in [0.2, 0.25) is 5.91 Å². The first-order valence-electron chi connectivity index (χ1n) is 11.7. The van der Waals surface area contributed by atoms with Crippen molar-refractivity contribution < 1.29 is 19.2 Å². The van der Waals surface area contributed by atoms with Crippen molar-refractivity contribution >= 4 is 23.2 Å². The molecule has 2 aliphatic heterocycles. The number of nitrogens with one attached hydrogen (secondary N) is 2. The molecule has 0 bridgehead atoms. The summed E-state index contributed by atoms with van der Waals surface area (Å²) in [7, 11) is 1.43. The minimum Gasteiger partial charge on any atom is -0.378 e. The molecule has 0 aromatic heterocycles. The molecular weight excluding hydrogens is 420 g/mol. The maximum absolute atomic E-state index is 12.5. The molecule has 2 amide bonds. The van der Waals surface area contributed by atoms with Gasteiger partial charge in [0.1, 0.15) is 0 Å². The summed E-state index contributed by atoms with van der Waals surface area (Å²) in [6.07, 6.45) is 3.25. The highest BCUT2D eigenvalue weighted by atomic mass is 16.6. The van der Waals surface area contributed by atoms with Crippen LogP contribution in [0.3, 0.4) is 0 Å². The van der Waals surface area contributed by atoms with Gasteiger partial charge in [-0.25, -0.2) is 5.48 Å². The second kappa shape index (κ2) is 9.97. The van der Waals surface area contributed by atoms with Crippen LogP contribution in [0, 0.1) is 5.92 Å². The van der Waals surface area contributed by atoms with Gasteiger partial charge in [0.15, 0.2) is 0 Å². The summed E-state index contributed by atoms with van der Waals surface area (Å²) in [6.45, 7) is 9.09. The maximum atomic E-state index is 12.5. The minimum absolute atomic E-state index is 0.00654. The molecule has 1 fully saturated rings. The molecule has 1 aliphatic carbocycles. The lowest BCUT2D eigenvalue weighted by atomic mass is 9.79. The van der Waals surface area contributed by atoms with Crippen LogP contribution < -0.4 is 15.7 Å². The number of carbonyl (C=O) groups excluding carboxylic acids is 2. The van der Waals surface area contributed by atoms with E-state index in [4.69, 9.17) is 9.57 Å². The number of amides is 2. The number of nitrogens with zero attached hydrogens (tertiary/aromatic N) is 2. The quantitative estimate of drug-likeness (QED) is 0.666. The Balaban J connectivity index is 1.62. The van der Waals surface area contributed by atoms with Crippen molar-refractivity contribution in [1.29, 1.82) is 0 Å². The highest BCUT2D eigenvalue weighted by Crippen LogP contribution is 2.40. The second-order valence-electron chi connectivity index (χ2n) is 9.07. The van der Waals surface area contributed by atoms with Crippen molar-refractivity contribution in [1.82, 2.24) is 10.4 Å². The number of hydrogen-bond acceptors (Lipinski definition) is 6. The Labute approximate surface area is 195 Å². The van der Waals surface area contributed by atoms with Crippen LogP contribution in [0.5, 0.6) is 0 Å². The van der Waals surface area contributed by atoms with E-state index in [1.807, 2.05) is 11.0 Å². The molecule has 0 radical (unpaired) electrons. The Bertz CT molecular complexity index is 950. The molecule has 2 heterocycles. The fraction of sp³-hybridized carbons (Fsp3) is 0.520. The van der Waals surface area contributed by atoms with E-state index in [-0.39, 0.29) is 29.8 Å². The van der Waals surface area contributed by atoms with Crippen LogP contribution in [0.2, 0.25) is 0 Å². The van der Waals surface area contributed by atoms with E-state index in [0.717, 1.165) is 49.7 Å². The van der Waals surface area contributed by atoms with Gasteiger partial charge >= 0.3 is 0 Å². The molecule has 4 rings (SSSR count). The van der Waals surface area contributed by atoms with Gasteiger partial charge in [0.05, 0.1) is 26.4 Å². The van der Waals surface area contributed by atoms with Gasteiger partial charge in [-0.15, -0.1) is 0 Å². The van der Waals surface area contributed by atoms with Crippen LogP contribution in [0.15, 0.2) is 47.2 Å². The first-order chi connectivity index (χ1) is 15.9. The fourth-order valence-corrected chi connectivity index (χ4v) is 5.22. The Hall–Kier alpha value is -2.84. The fourth-order valence-electron chi connectivity index (χ4n) is 5.22. The summed E-state index contributed by atoms with van der Waals surface area (Å²) in [5, 5.41) is 3.67. The van der Waals surface area contributed by atoms with Crippen molar-refractivity contribution in [3.63, 3.8) is 0 Å². The molecule has 3 atom stereocenters. The number of hydrogen-bond donors (Lipinski definition) is 2. The van der Waals surface area contributed by atoms with Gasteiger partial charge in [-0.05, 0) is 55.7 Å². The van der Waals surface area contributed by atoms with Gasteiger partial charge in [0.25, 0.3) is 5.91 Å². The molecule has 1 aromatic rings. The van der Waals surface area contributed by atoms with Crippen LogP contribution in [-0.4, -0.2) is 62.2 Å². The monoisotopic (exact) mass is 454 g/mol. The van der Waals surface area contributed by atoms with Crippen LogP contribution in [0.1, 0.15) is 33.6 Å². The van der Waals surface area contributed by atoms with Crippen molar-refractivity contribution in [3.05, 3.63) is 47.2 Å². The van der Waals surface area contributed by atoms with Gasteiger partial charge in [-0.1, -0.05) is 6.92 Å². The average Bonchev–Trinajstić information content (AvgIpc) is 2.80. The van der Waals surface area contributed by atoms with Crippen molar-refractivity contribution in [2.75, 3.05) is 43.6 Å². The lowest BCUT2D eigenvalue weighted by Crippen LogP contribution is -2.48. The molecule has 178 valence electrons. The van der Waals surface area contributed by atoms with E-state index in [2.05, 4.69) is 53.8 Å². The van der Waals surface area contributed by atoms with E-state index in [1.165, 1.54) is 12.8 Å². The third kappa shape index (κ3) is 4.91. The molecule has 0 saturated carbocycles. The first-order valence-corrected chi connectivity index (χ1v) is 11.7.